The summed E-state index contributed by atoms with van der Waals surface area (Å²) >= 11 is 7.25. The fraction of sp³-hybridized carbons (Fsp3) is 0.167. The molecule has 0 saturated heterocycles. The van der Waals surface area contributed by atoms with E-state index >= 15 is 0 Å². The van der Waals surface area contributed by atoms with E-state index in [1.54, 1.807) is 31.4 Å². The fourth-order valence-corrected chi connectivity index (χ4v) is 2.97. The topological polar surface area (TPSA) is 77.2 Å². The second kappa shape index (κ2) is 8.73. The van der Waals surface area contributed by atoms with Crippen molar-refractivity contribution < 1.29 is 14.1 Å². The van der Waals surface area contributed by atoms with Crippen LogP contribution in [0.15, 0.2) is 53.1 Å². The Morgan fingerprint density at radius 1 is 1.23 bits per heavy atom. The van der Waals surface area contributed by atoms with E-state index in [1.165, 1.54) is 11.8 Å². The van der Waals surface area contributed by atoms with Crippen molar-refractivity contribution in [2.75, 3.05) is 18.2 Å². The number of benzene rings is 2. The van der Waals surface area contributed by atoms with E-state index in [0.29, 0.717) is 33.9 Å². The van der Waals surface area contributed by atoms with E-state index < -0.39 is 0 Å². The molecule has 6 nitrogen and oxygen atoms in total. The highest BCUT2D eigenvalue weighted by molar-refractivity contribution is 7.99. The van der Waals surface area contributed by atoms with Crippen molar-refractivity contribution in [3.63, 3.8) is 0 Å². The van der Waals surface area contributed by atoms with Crippen molar-refractivity contribution in [2.24, 2.45) is 0 Å². The summed E-state index contributed by atoms with van der Waals surface area (Å²) in [5, 5.41) is 7.41. The Morgan fingerprint density at radius 3 is 2.77 bits per heavy atom. The average molecular weight is 390 g/mol. The molecule has 0 spiro atoms. The second-order valence-electron chi connectivity index (χ2n) is 5.26. The summed E-state index contributed by atoms with van der Waals surface area (Å²) in [6.07, 6.45) is 0. The molecule has 1 amide bonds. The van der Waals surface area contributed by atoms with E-state index in [-0.39, 0.29) is 11.7 Å². The summed E-state index contributed by atoms with van der Waals surface area (Å²) in [6, 6.07) is 14.4. The highest BCUT2D eigenvalue weighted by atomic mass is 35.5. The van der Waals surface area contributed by atoms with Crippen molar-refractivity contribution in [3.05, 3.63) is 59.4 Å². The van der Waals surface area contributed by atoms with E-state index in [4.69, 9.17) is 20.9 Å². The maximum Gasteiger partial charge on any atom is 0.236 e. The molecule has 1 heterocycles. The predicted octanol–water partition coefficient (Wildman–Crippen LogP) is 4.27. The largest absolute Gasteiger partial charge is 0.495 e. The van der Waals surface area contributed by atoms with Gasteiger partial charge in [0, 0.05) is 10.6 Å². The molecular formula is C18H16ClN3O3S. The lowest BCUT2D eigenvalue weighted by atomic mass is 10.2. The fourth-order valence-electron chi connectivity index (χ4n) is 2.19. The quantitative estimate of drug-likeness (QED) is 0.650. The monoisotopic (exact) mass is 389 g/mol. The number of aromatic nitrogens is 2. The number of hydrogen-bond acceptors (Lipinski definition) is 6. The van der Waals surface area contributed by atoms with Crippen molar-refractivity contribution in [1.82, 2.24) is 10.1 Å². The summed E-state index contributed by atoms with van der Waals surface area (Å²) in [5.41, 5.74) is 1.46. The van der Waals surface area contributed by atoms with Crippen LogP contribution in [0.3, 0.4) is 0 Å². The first-order valence-corrected chi connectivity index (χ1v) is 9.28. The third-order valence-electron chi connectivity index (χ3n) is 3.41. The van der Waals surface area contributed by atoms with Gasteiger partial charge in [0.05, 0.1) is 24.3 Å². The van der Waals surface area contributed by atoms with Gasteiger partial charge in [-0.1, -0.05) is 28.9 Å². The van der Waals surface area contributed by atoms with Crippen molar-refractivity contribution >= 4 is 35.0 Å². The van der Waals surface area contributed by atoms with Gasteiger partial charge < -0.3 is 14.6 Å². The Labute approximate surface area is 159 Å². The number of hydrogen-bond donors (Lipinski definition) is 1. The summed E-state index contributed by atoms with van der Waals surface area (Å²) in [6.45, 7) is 0. The normalized spacial score (nSPS) is 10.5. The minimum Gasteiger partial charge on any atom is -0.495 e. The van der Waals surface area contributed by atoms with Gasteiger partial charge in [-0.05, 0) is 36.4 Å². The minimum absolute atomic E-state index is 0.128. The van der Waals surface area contributed by atoms with Gasteiger partial charge in [0.1, 0.15) is 5.75 Å². The predicted molar refractivity (Wildman–Crippen MR) is 103 cm³/mol. The summed E-state index contributed by atoms with van der Waals surface area (Å²) in [4.78, 5) is 16.4. The number of anilines is 1. The molecule has 0 radical (unpaired) electrons. The van der Waals surface area contributed by atoms with Gasteiger partial charge >= 0.3 is 0 Å². The third kappa shape index (κ3) is 4.77. The molecule has 8 heteroatoms. The molecular weight excluding hydrogens is 374 g/mol. The number of nitrogens with one attached hydrogen (secondary N) is 1. The van der Waals surface area contributed by atoms with Gasteiger partial charge in [-0.3, -0.25) is 4.79 Å². The molecule has 2 aromatic carbocycles. The lowest BCUT2D eigenvalue weighted by Gasteiger charge is -2.09. The Hall–Kier alpha value is -2.51. The number of methoxy groups -OCH3 is 1. The Balaban J connectivity index is 1.50. The smallest absolute Gasteiger partial charge is 0.236 e. The van der Waals surface area contributed by atoms with Gasteiger partial charge in [-0.2, -0.15) is 4.98 Å². The van der Waals surface area contributed by atoms with E-state index in [9.17, 15) is 4.79 Å². The molecule has 0 aliphatic carbocycles. The summed E-state index contributed by atoms with van der Waals surface area (Å²) in [7, 11) is 1.56. The van der Waals surface area contributed by atoms with Crippen LogP contribution in [0.1, 0.15) is 5.89 Å². The van der Waals surface area contributed by atoms with Gasteiger partial charge in [-0.25, -0.2) is 0 Å². The number of ether oxygens (including phenoxy) is 1. The average Bonchev–Trinajstić information content (AvgIpc) is 3.11. The molecule has 0 atom stereocenters. The van der Waals surface area contributed by atoms with Crippen LogP contribution in [0.25, 0.3) is 11.4 Å². The third-order valence-corrected chi connectivity index (χ3v) is 4.58. The lowest BCUT2D eigenvalue weighted by molar-refractivity contribution is -0.113. The van der Waals surface area contributed by atoms with Crippen LogP contribution in [0.5, 0.6) is 5.75 Å². The first-order chi connectivity index (χ1) is 12.7. The number of para-hydroxylation sites is 2. The second-order valence-corrected chi connectivity index (χ2v) is 6.68. The number of carbonyl (C=O) groups excluding carboxylic acids is 1. The molecule has 0 aliphatic heterocycles. The van der Waals surface area contributed by atoms with Crippen LogP contribution >= 0.6 is 23.4 Å². The summed E-state index contributed by atoms with van der Waals surface area (Å²) in [5.74, 6) is 2.16. The number of carbonyl (C=O) groups is 1. The zero-order chi connectivity index (χ0) is 18.4. The van der Waals surface area contributed by atoms with Crippen molar-refractivity contribution in [1.29, 1.82) is 0 Å². The van der Waals surface area contributed by atoms with Crippen LogP contribution in [-0.4, -0.2) is 28.9 Å². The Bertz CT molecular complexity index is 883. The molecule has 1 N–H and O–H groups in total. The maximum atomic E-state index is 12.1. The molecule has 1 aromatic heterocycles. The van der Waals surface area contributed by atoms with Crippen LogP contribution in [0, 0.1) is 0 Å². The number of thioether (sulfide) groups is 1. The molecule has 0 saturated carbocycles. The zero-order valence-corrected chi connectivity index (χ0v) is 15.5. The first-order valence-electron chi connectivity index (χ1n) is 7.75. The number of amides is 1. The zero-order valence-electron chi connectivity index (χ0n) is 13.9. The van der Waals surface area contributed by atoms with Gasteiger partial charge in [0.15, 0.2) is 0 Å². The van der Waals surface area contributed by atoms with Crippen molar-refractivity contribution in [2.45, 2.75) is 5.75 Å². The summed E-state index contributed by atoms with van der Waals surface area (Å²) < 4.78 is 10.4. The van der Waals surface area contributed by atoms with Crippen LogP contribution in [0.4, 0.5) is 5.69 Å². The molecule has 0 fully saturated rings. The van der Waals surface area contributed by atoms with E-state index in [1.807, 2.05) is 24.3 Å². The molecule has 26 heavy (non-hydrogen) atoms. The number of nitrogens with zero attached hydrogens (tertiary/aromatic N) is 2. The van der Waals surface area contributed by atoms with Crippen LogP contribution < -0.4 is 10.1 Å². The minimum atomic E-state index is -0.128. The molecule has 0 bridgehead atoms. The SMILES string of the molecule is COc1ccccc1NC(=O)CSCc1nc(-c2ccc(Cl)cc2)no1. The van der Waals surface area contributed by atoms with Gasteiger partial charge in [-0.15, -0.1) is 11.8 Å². The van der Waals surface area contributed by atoms with Crippen LogP contribution in [-0.2, 0) is 10.5 Å². The van der Waals surface area contributed by atoms with Crippen LogP contribution in [0.2, 0.25) is 5.02 Å². The highest BCUT2D eigenvalue weighted by Gasteiger charge is 2.11. The molecule has 134 valence electrons. The molecule has 3 rings (SSSR count). The molecule has 0 aliphatic rings. The maximum absolute atomic E-state index is 12.1. The van der Waals surface area contributed by atoms with E-state index in [0.717, 1.165) is 5.56 Å². The number of halogens is 1. The molecule has 3 aromatic rings. The van der Waals surface area contributed by atoms with Gasteiger partial charge in [0.2, 0.25) is 17.6 Å². The lowest BCUT2D eigenvalue weighted by Crippen LogP contribution is -2.14. The highest BCUT2D eigenvalue weighted by Crippen LogP contribution is 2.24. The Morgan fingerprint density at radius 2 is 2.00 bits per heavy atom. The van der Waals surface area contributed by atoms with Crippen molar-refractivity contribution in [3.8, 4) is 17.1 Å². The standard InChI is InChI=1S/C18H16ClN3O3S/c1-24-15-5-3-2-4-14(15)20-16(23)10-26-11-17-21-18(22-25-17)12-6-8-13(19)9-7-12/h2-9H,10-11H2,1H3,(H,20,23). The van der Waals surface area contributed by atoms with Gasteiger partial charge in [0.25, 0.3) is 0 Å². The Kier molecular flexibility index (Phi) is 6.14. The number of rotatable bonds is 7. The van der Waals surface area contributed by atoms with E-state index in [2.05, 4.69) is 15.5 Å². The first kappa shape index (κ1) is 18.3. The molecule has 0 unspecified atom stereocenters.